The van der Waals surface area contributed by atoms with Gasteiger partial charge in [0, 0.05) is 11.8 Å². The molecule has 2 atom stereocenters. The lowest BCUT2D eigenvalue weighted by Crippen LogP contribution is -2.53. The van der Waals surface area contributed by atoms with Crippen molar-refractivity contribution < 1.29 is 9.53 Å². The topological polar surface area (TPSA) is 64.3 Å². The van der Waals surface area contributed by atoms with Gasteiger partial charge < -0.3 is 15.8 Å². The SMILES string of the molecule is COC(=O)NC1SCC1N. The first-order chi connectivity index (χ1) is 4.74. The fourth-order valence-electron chi connectivity index (χ4n) is 0.627. The molecule has 5 heteroatoms. The van der Waals surface area contributed by atoms with E-state index in [0.717, 1.165) is 5.75 Å². The molecule has 0 aliphatic carbocycles. The summed E-state index contributed by atoms with van der Waals surface area (Å²) in [5.41, 5.74) is 5.53. The van der Waals surface area contributed by atoms with Crippen LogP contribution in [0.2, 0.25) is 0 Å². The summed E-state index contributed by atoms with van der Waals surface area (Å²) in [4.78, 5) is 10.6. The van der Waals surface area contributed by atoms with Gasteiger partial charge in [-0.1, -0.05) is 0 Å². The van der Waals surface area contributed by atoms with Gasteiger partial charge in [0.25, 0.3) is 0 Å². The molecule has 1 amide bonds. The van der Waals surface area contributed by atoms with Gasteiger partial charge in [-0.15, -0.1) is 11.8 Å². The highest BCUT2D eigenvalue weighted by molar-refractivity contribution is 8.01. The van der Waals surface area contributed by atoms with Crippen LogP contribution in [0.1, 0.15) is 0 Å². The maximum Gasteiger partial charge on any atom is 0.407 e. The van der Waals surface area contributed by atoms with Crippen LogP contribution in [0.5, 0.6) is 0 Å². The van der Waals surface area contributed by atoms with Crippen molar-refractivity contribution in [2.75, 3.05) is 12.9 Å². The number of alkyl carbamates (subject to hydrolysis) is 1. The van der Waals surface area contributed by atoms with Gasteiger partial charge in [-0.05, 0) is 0 Å². The standard InChI is InChI=1S/C5H10N2O2S/c1-9-5(8)7-4-3(6)2-10-4/h3-4H,2,6H2,1H3,(H,7,8). The van der Waals surface area contributed by atoms with Gasteiger partial charge in [-0.25, -0.2) is 4.79 Å². The first-order valence-electron chi connectivity index (χ1n) is 2.95. The molecule has 1 rings (SSSR count). The highest BCUT2D eigenvalue weighted by atomic mass is 32.2. The molecule has 1 fully saturated rings. The highest BCUT2D eigenvalue weighted by Gasteiger charge is 2.29. The first kappa shape index (κ1) is 7.68. The van der Waals surface area contributed by atoms with Crippen molar-refractivity contribution in [3.63, 3.8) is 0 Å². The molecular formula is C5H10N2O2S. The molecule has 0 spiro atoms. The number of amides is 1. The summed E-state index contributed by atoms with van der Waals surface area (Å²) in [7, 11) is 1.34. The minimum absolute atomic E-state index is 0.0486. The van der Waals surface area contributed by atoms with E-state index in [1.165, 1.54) is 7.11 Å². The van der Waals surface area contributed by atoms with Crippen molar-refractivity contribution in [3.8, 4) is 0 Å². The van der Waals surface area contributed by atoms with Gasteiger partial charge >= 0.3 is 6.09 Å². The average molecular weight is 162 g/mol. The molecule has 10 heavy (non-hydrogen) atoms. The first-order valence-corrected chi connectivity index (χ1v) is 4.00. The summed E-state index contributed by atoms with van der Waals surface area (Å²) in [6.07, 6.45) is -0.410. The number of rotatable bonds is 1. The summed E-state index contributed by atoms with van der Waals surface area (Å²) >= 11 is 1.62. The molecule has 0 aromatic rings. The molecule has 1 heterocycles. The van der Waals surface area contributed by atoms with E-state index in [9.17, 15) is 4.79 Å². The Bertz CT molecular complexity index is 142. The van der Waals surface area contributed by atoms with Crippen LogP contribution in [-0.2, 0) is 4.74 Å². The second-order valence-corrected chi connectivity index (χ2v) is 3.23. The van der Waals surface area contributed by atoms with E-state index in [-0.39, 0.29) is 11.4 Å². The minimum Gasteiger partial charge on any atom is -0.453 e. The third-order valence-electron chi connectivity index (χ3n) is 1.30. The van der Waals surface area contributed by atoms with Gasteiger partial charge in [0.05, 0.1) is 12.5 Å². The van der Waals surface area contributed by atoms with E-state index in [4.69, 9.17) is 5.73 Å². The molecule has 58 valence electrons. The normalized spacial score (nSPS) is 30.6. The Balaban J connectivity index is 2.19. The van der Waals surface area contributed by atoms with Crippen molar-refractivity contribution in [2.45, 2.75) is 11.4 Å². The van der Waals surface area contributed by atoms with Crippen molar-refractivity contribution in [1.82, 2.24) is 5.32 Å². The summed E-state index contributed by atoms with van der Waals surface area (Å²) in [5.74, 6) is 0.911. The van der Waals surface area contributed by atoms with Crippen LogP contribution in [0, 0.1) is 0 Å². The third kappa shape index (κ3) is 1.54. The fourth-order valence-corrected chi connectivity index (χ4v) is 1.41. The molecule has 0 saturated carbocycles. The van der Waals surface area contributed by atoms with Crippen LogP contribution in [0.15, 0.2) is 0 Å². The van der Waals surface area contributed by atoms with E-state index in [1.54, 1.807) is 11.8 Å². The zero-order valence-electron chi connectivity index (χ0n) is 5.66. The van der Waals surface area contributed by atoms with Crippen LogP contribution >= 0.6 is 11.8 Å². The smallest absolute Gasteiger partial charge is 0.407 e. The Hall–Kier alpha value is -0.420. The van der Waals surface area contributed by atoms with Crippen LogP contribution in [0.25, 0.3) is 0 Å². The molecule has 3 N–H and O–H groups in total. The van der Waals surface area contributed by atoms with Crippen LogP contribution in [0.3, 0.4) is 0 Å². The molecule has 0 bridgehead atoms. The second kappa shape index (κ2) is 3.12. The largest absolute Gasteiger partial charge is 0.453 e. The molecule has 1 saturated heterocycles. The zero-order chi connectivity index (χ0) is 7.56. The number of nitrogens with one attached hydrogen (secondary N) is 1. The minimum atomic E-state index is -0.410. The molecular weight excluding hydrogens is 152 g/mol. The Morgan fingerprint density at radius 1 is 1.90 bits per heavy atom. The summed E-state index contributed by atoms with van der Waals surface area (Å²) in [6.45, 7) is 0. The number of hydrogen-bond donors (Lipinski definition) is 2. The van der Waals surface area contributed by atoms with Crippen LogP contribution in [0.4, 0.5) is 4.79 Å². The zero-order valence-corrected chi connectivity index (χ0v) is 6.48. The number of hydrogen-bond acceptors (Lipinski definition) is 4. The Kier molecular flexibility index (Phi) is 2.39. The van der Waals surface area contributed by atoms with Crippen molar-refractivity contribution in [1.29, 1.82) is 0 Å². The van der Waals surface area contributed by atoms with Crippen molar-refractivity contribution in [2.24, 2.45) is 5.73 Å². The van der Waals surface area contributed by atoms with Gasteiger partial charge in [-0.3, -0.25) is 0 Å². The highest BCUT2D eigenvalue weighted by Crippen LogP contribution is 2.23. The van der Waals surface area contributed by atoms with Crippen molar-refractivity contribution in [3.05, 3.63) is 0 Å². The quantitative estimate of drug-likeness (QED) is 0.557. The fraction of sp³-hybridized carbons (Fsp3) is 0.800. The molecule has 2 unspecified atom stereocenters. The van der Waals surface area contributed by atoms with Gasteiger partial charge in [0.2, 0.25) is 0 Å². The molecule has 4 nitrogen and oxygen atoms in total. The van der Waals surface area contributed by atoms with E-state index in [1.807, 2.05) is 0 Å². The Labute approximate surface area is 63.5 Å². The lowest BCUT2D eigenvalue weighted by Gasteiger charge is -2.32. The lowest BCUT2D eigenvalue weighted by atomic mass is 10.3. The maximum absolute atomic E-state index is 10.6. The number of nitrogens with two attached hydrogens (primary N) is 1. The molecule has 1 aliphatic rings. The summed E-state index contributed by atoms with van der Waals surface area (Å²) in [5, 5.41) is 2.64. The summed E-state index contributed by atoms with van der Waals surface area (Å²) in [6, 6.07) is 0.0871. The van der Waals surface area contributed by atoms with Crippen molar-refractivity contribution >= 4 is 17.9 Å². The number of ether oxygens (including phenoxy) is 1. The Morgan fingerprint density at radius 2 is 2.60 bits per heavy atom. The lowest BCUT2D eigenvalue weighted by molar-refractivity contribution is 0.168. The van der Waals surface area contributed by atoms with Crippen LogP contribution in [-0.4, -0.2) is 30.4 Å². The second-order valence-electron chi connectivity index (χ2n) is 2.05. The van der Waals surface area contributed by atoms with Gasteiger partial charge in [-0.2, -0.15) is 0 Å². The average Bonchev–Trinajstić information content (AvgIpc) is 1.96. The van der Waals surface area contributed by atoms with Crippen LogP contribution < -0.4 is 11.1 Å². The molecule has 0 radical (unpaired) electrons. The predicted molar refractivity (Wildman–Crippen MR) is 39.8 cm³/mol. The van der Waals surface area contributed by atoms with E-state index in [2.05, 4.69) is 10.1 Å². The molecule has 0 aromatic heterocycles. The molecule has 1 aliphatic heterocycles. The monoisotopic (exact) mass is 162 g/mol. The van der Waals surface area contributed by atoms with Gasteiger partial charge in [0.15, 0.2) is 0 Å². The Morgan fingerprint density at radius 3 is 2.90 bits per heavy atom. The number of carbonyl (C=O) groups is 1. The van der Waals surface area contributed by atoms with E-state index >= 15 is 0 Å². The summed E-state index contributed by atoms with van der Waals surface area (Å²) < 4.78 is 4.39. The van der Waals surface area contributed by atoms with E-state index in [0.29, 0.717) is 0 Å². The van der Waals surface area contributed by atoms with Gasteiger partial charge in [0.1, 0.15) is 0 Å². The predicted octanol–water partition coefficient (Wildman–Crippen LogP) is -0.257. The number of thioether (sulfide) groups is 1. The molecule has 0 aromatic carbocycles. The van der Waals surface area contributed by atoms with E-state index < -0.39 is 6.09 Å². The number of carbonyl (C=O) groups excluding carboxylic acids is 1. The third-order valence-corrected chi connectivity index (χ3v) is 2.71. The number of methoxy groups -OCH3 is 1. The maximum atomic E-state index is 10.6.